The van der Waals surface area contributed by atoms with E-state index in [9.17, 15) is 24.6 Å². The van der Waals surface area contributed by atoms with Crippen LogP contribution in [0.25, 0.3) is 0 Å². The molecule has 0 aromatic heterocycles. The molecular weight excluding hydrogens is 528 g/mol. The molecule has 5 rings (SSSR count). The van der Waals surface area contributed by atoms with Gasteiger partial charge in [-0.05, 0) is 22.3 Å². The van der Waals surface area contributed by atoms with Gasteiger partial charge in [-0.15, -0.1) is 0 Å². The number of nitrogens with zero attached hydrogens (tertiary/aromatic N) is 2. The molecule has 1 saturated heterocycles. The minimum absolute atomic E-state index is 0.549. The molecule has 2 N–H and O–H groups in total. The fourth-order valence-electron chi connectivity index (χ4n) is 5.65. The molecule has 0 spiro atoms. The predicted octanol–water partition coefficient (Wildman–Crippen LogP) is 6.00. The Morgan fingerprint density at radius 2 is 0.833 bits per heavy atom. The number of imide groups is 2. The number of amides is 4. The van der Waals surface area contributed by atoms with Crippen molar-refractivity contribution in [3.05, 3.63) is 144 Å². The molecular formula is C35H34N2O5. The van der Waals surface area contributed by atoms with Crippen LogP contribution in [-0.2, 0) is 9.59 Å². The number of aliphatic hydroxyl groups excluding tert-OH is 2. The van der Waals surface area contributed by atoms with Crippen molar-refractivity contribution in [1.82, 2.24) is 9.80 Å². The van der Waals surface area contributed by atoms with Crippen molar-refractivity contribution in [3.63, 3.8) is 0 Å². The number of aliphatic hydroxyl groups is 2. The summed E-state index contributed by atoms with van der Waals surface area (Å²) in [6.45, 7) is 3.16. The lowest BCUT2D eigenvalue weighted by Gasteiger charge is -2.30. The molecule has 4 aromatic carbocycles. The largest absolute Gasteiger partial charge is 0.388 e. The molecule has 1 aliphatic rings. The summed E-state index contributed by atoms with van der Waals surface area (Å²) in [5.74, 6) is -3.17. The standard InChI is InChI=1S/C35H34N2O5/c1-23(31(38)27-19-11-5-12-20-27)33(40)36-29(25-15-7-3-8-16-25)30(26-17-9-4-10-18-26)37(35(36)42)34(41)24(2)32(39)28-21-13-6-14-22-28/h3-24,29-32,38-39H,1-2H3/t23-,24+,29-,30+,31-,32-/m0/s1. The second kappa shape index (κ2) is 12.5. The predicted molar refractivity (Wildman–Crippen MR) is 159 cm³/mol. The average molecular weight is 563 g/mol. The molecule has 4 amide bonds. The Balaban J connectivity index is 1.60. The number of benzene rings is 4. The van der Waals surface area contributed by atoms with Gasteiger partial charge in [0.25, 0.3) is 0 Å². The van der Waals surface area contributed by atoms with E-state index in [-0.39, 0.29) is 0 Å². The number of urea groups is 1. The lowest BCUT2D eigenvalue weighted by molar-refractivity contribution is -0.137. The maximum absolute atomic E-state index is 14.3. The maximum Gasteiger partial charge on any atom is 0.334 e. The molecule has 0 unspecified atom stereocenters. The van der Waals surface area contributed by atoms with Crippen LogP contribution in [0.2, 0.25) is 0 Å². The molecule has 0 bridgehead atoms. The number of hydrogen-bond donors (Lipinski definition) is 2. The molecule has 7 heteroatoms. The van der Waals surface area contributed by atoms with Gasteiger partial charge < -0.3 is 10.2 Å². The van der Waals surface area contributed by atoms with Crippen LogP contribution >= 0.6 is 0 Å². The van der Waals surface area contributed by atoms with E-state index in [2.05, 4.69) is 0 Å². The van der Waals surface area contributed by atoms with Crippen LogP contribution in [0, 0.1) is 11.8 Å². The van der Waals surface area contributed by atoms with Gasteiger partial charge in [-0.1, -0.05) is 135 Å². The van der Waals surface area contributed by atoms with Crippen molar-refractivity contribution >= 4 is 17.8 Å². The van der Waals surface area contributed by atoms with Crippen molar-refractivity contribution in [2.24, 2.45) is 11.8 Å². The zero-order valence-electron chi connectivity index (χ0n) is 23.5. The summed E-state index contributed by atoms with van der Waals surface area (Å²) in [4.78, 5) is 44.9. The number of carbonyl (C=O) groups excluding carboxylic acids is 3. The first kappa shape index (κ1) is 28.9. The van der Waals surface area contributed by atoms with E-state index in [1.165, 1.54) is 0 Å². The van der Waals surface area contributed by atoms with Gasteiger partial charge in [-0.3, -0.25) is 19.4 Å². The molecule has 0 aliphatic carbocycles. The van der Waals surface area contributed by atoms with E-state index in [0.29, 0.717) is 22.3 Å². The molecule has 1 heterocycles. The van der Waals surface area contributed by atoms with Gasteiger partial charge >= 0.3 is 6.03 Å². The van der Waals surface area contributed by atoms with Crippen molar-refractivity contribution in [2.45, 2.75) is 38.1 Å². The highest BCUT2D eigenvalue weighted by molar-refractivity contribution is 6.06. The van der Waals surface area contributed by atoms with Crippen molar-refractivity contribution in [1.29, 1.82) is 0 Å². The molecule has 1 aliphatic heterocycles. The molecule has 6 atom stereocenters. The van der Waals surface area contributed by atoms with Gasteiger partial charge in [0.05, 0.1) is 36.1 Å². The van der Waals surface area contributed by atoms with Crippen LogP contribution < -0.4 is 0 Å². The molecule has 0 saturated carbocycles. The Kier molecular flexibility index (Phi) is 8.61. The third kappa shape index (κ3) is 5.49. The van der Waals surface area contributed by atoms with Crippen LogP contribution in [0.5, 0.6) is 0 Å². The minimum Gasteiger partial charge on any atom is -0.388 e. The lowest BCUT2D eigenvalue weighted by atomic mass is 9.90. The first-order valence-electron chi connectivity index (χ1n) is 14.1. The van der Waals surface area contributed by atoms with E-state index in [0.717, 1.165) is 9.80 Å². The van der Waals surface area contributed by atoms with Crippen LogP contribution in [0.3, 0.4) is 0 Å². The molecule has 4 aromatic rings. The fourth-order valence-corrected chi connectivity index (χ4v) is 5.65. The topological polar surface area (TPSA) is 98.2 Å². The SMILES string of the molecule is C[C@H](C(=O)N1C(=O)N(C(=O)[C@H](C)[C@H](O)c2ccccc2)[C@H](c2ccccc2)[C@@H]1c1ccccc1)[C@H](O)c1ccccc1. The molecule has 0 radical (unpaired) electrons. The lowest BCUT2D eigenvalue weighted by Crippen LogP contribution is -2.44. The minimum atomic E-state index is -1.17. The van der Waals surface area contributed by atoms with Gasteiger partial charge in [0.15, 0.2) is 0 Å². The van der Waals surface area contributed by atoms with Gasteiger partial charge in [-0.2, -0.15) is 0 Å². The summed E-state index contributed by atoms with van der Waals surface area (Å²) in [5, 5.41) is 22.3. The number of hydrogen-bond acceptors (Lipinski definition) is 5. The van der Waals surface area contributed by atoms with Crippen molar-refractivity contribution < 1.29 is 24.6 Å². The quantitative estimate of drug-likeness (QED) is 0.275. The van der Waals surface area contributed by atoms with Crippen LogP contribution in [0.4, 0.5) is 4.79 Å². The Labute approximate surface area is 245 Å². The van der Waals surface area contributed by atoms with Crippen molar-refractivity contribution in [2.75, 3.05) is 0 Å². The summed E-state index contributed by atoms with van der Waals surface area (Å²) >= 11 is 0. The first-order valence-corrected chi connectivity index (χ1v) is 14.1. The van der Waals surface area contributed by atoms with Gasteiger partial charge in [0, 0.05) is 0 Å². The summed E-state index contributed by atoms with van der Waals surface area (Å²) in [5.41, 5.74) is 2.43. The normalized spacial score (nSPS) is 19.7. The van der Waals surface area contributed by atoms with Crippen LogP contribution in [0.15, 0.2) is 121 Å². The number of carbonyl (C=O) groups is 3. The van der Waals surface area contributed by atoms with E-state index in [4.69, 9.17) is 0 Å². The summed E-state index contributed by atoms with van der Waals surface area (Å²) in [6.07, 6.45) is -2.33. The highest BCUT2D eigenvalue weighted by atomic mass is 16.3. The van der Waals surface area contributed by atoms with Crippen molar-refractivity contribution in [3.8, 4) is 0 Å². The summed E-state index contributed by atoms with van der Waals surface area (Å²) in [6, 6.07) is 33.4. The van der Waals surface area contributed by atoms with E-state index in [1.54, 1.807) is 62.4 Å². The third-order valence-corrected chi connectivity index (χ3v) is 8.03. The smallest absolute Gasteiger partial charge is 0.334 e. The van der Waals surface area contributed by atoms with E-state index >= 15 is 0 Å². The third-order valence-electron chi connectivity index (χ3n) is 8.03. The average Bonchev–Trinajstić information content (AvgIpc) is 3.36. The van der Waals surface area contributed by atoms with Gasteiger partial charge in [-0.25, -0.2) is 4.79 Å². The van der Waals surface area contributed by atoms with Crippen LogP contribution in [0.1, 0.15) is 60.4 Å². The molecule has 7 nitrogen and oxygen atoms in total. The first-order chi connectivity index (χ1) is 20.3. The van der Waals surface area contributed by atoms with Crippen LogP contribution in [-0.4, -0.2) is 37.9 Å². The summed E-state index contributed by atoms with van der Waals surface area (Å²) in [7, 11) is 0. The Morgan fingerprint density at radius 3 is 1.14 bits per heavy atom. The highest BCUT2D eigenvalue weighted by Gasteiger charge is 2.54. The van der Waals surface area contributed by atoms with Gasteiger partial charge in [0.2, 0.25) is 11.8 Å². The zero-order chi connectivity index (χ0) is 29.8. The maximum atomic E-state index is 14.3. The zero-order valence-corrected chi connectivity index (χ0v) is 23.5. The Morgan fingerprint density at radius 1 is 0.548 bits per heavy atom. The Hall–Kier alpha value is -4.59. The summed E-state index contributed by atoms with van der Waals surface area (Å²) < 4.78 is 0. The fraction of sp³-hybridized carbons (Fsp3) is 0.229. The Bertz CT molecular complexity index is 1400. The van der Waals surface area contributed by atoms with E-state index in [1.807, 2.05) is 72.8 Å². The molecule has 214 valence electrons. The highest BCUT2D eigenvalue weighted by Crippen LogP contribution is 2.47. The molecule has 42 heavy (non-hydrogen) atoms. The second-order valence-corrected chi connectivity index (χ2v) is 10.7. The monoisotopic (exact) mass is 562 g/mol. The van der Waals surface area contributed by atoms with E-state index < -0.39 is 54.0 Å². The second-order valence-electron chi connectivity index (χ2n) is 10.7. The molecule has 1 fully saturated rings. The number of rotatable bonds is 8. The van der Waals surface area contributed by atoms with Gasteiger partial charge in [0.1, 0.15) is 0 Å².